The van der Waals surface area contributed by atoms with E-state index in [2.05, 4.69) is 15.1 Å². The first-order valence-corrected chi connectivity index (χ1v) is 13.5. The van der Waals surface area contributed by atoms with Gasteiger partial charge < -0.3 is 10.2 Å². The number of hydrogen-bond acceptors (Lipinski definition) is 7. The summed E-state index contributed by atoms with van der Waals surface area (Å²) in [6, 6.07) is 9.91. The van der Waals surface area contributed by atoms with Gasteiger partial charge in [0.15, 0.2) is 10.8 Å². The maximum absolute atomic E-state index is 13.1. The third kappa shape index (κ3) is 4.66. The Labute approximate surface area is 204 Å². The highest BCUT2D eigenvalue weighted by Crippen LogP contribution is 2.45. The Morgan fingerprint density at radius 1 is 0.971 bits per heavy atom. The Morgan fingerprint density at radius 2 is 1.79 bits per heavy atom. The first-order valence-electron chi connectivity index (χ1n) is 12.7. The summed E-state index contributed by atoms with van der Waals surface area (Å²) in [5.41, 5.74) is 3.12. The van der Waals surface area contributed by atoms with Crippen molar-refractivity contribution in [2.75, 3.05) is 24.5 Å². The van der Waals surface area contributed by atoms with Crippen LogP contribution in [-0.4, -0.2) is 51.4 Å². The van der Waals surface area contributed by atoms with Crippen molar-refractivity contribution in [1.82, 2.24) is 25.2 Å². The van der Waals surface area contributed by atoms with Crippen LogP contribution in [0, 0.1) is 0 Å². The maximum atomic E-state index is 13.1. The zero-order valence-electron chi connectivity index (χ0n) is 19.6. The van der Waals surface area contributed by atoms with Gasteiger partial charge in [0, 0.05) is 19.0 Å². The fourth-order valence-electron chi connectivity index (χ4n) is 5.20. The average Bonchev–Trinajstić information content (AvgIpc) is 3.43. The Bertz CT molecular complexity index is 1150. The highest BCUT2D eigenvalue weighted by Gasteiger charge is 2.35. The van der Waals surface area contributed by atoms with E-state index < -0.39 is 0 Å². The summed E-state index contributed by atoms with van der Waals surface area (Å²) in [7, 11) is 0. The van der Waals surface area contributed by atoms with Crippen LogP contribution >= 0.6 is 11.3 Å². The predicted octanol–water partition coefficient (Wildman–Crippen LogP) is 4.23. The van der Waals surface area contributed by atoms with Crippen molar-refractivity contribution in [2.45, 2.75) is 70.0 Å². The molecule has 3 aliphatic rings. The van der Waals surface area contributed by atoms with Gasteiger partial charge in [0.25, 0.3) is 0 Å². The van der Waals surface area contributed by atoms with E-state index >= 15 is 0 Å². The summed E-state index contributed by atoms with van der Waals surface area (Å²) < 4.78 is 1.12. The molecule has 0 spiro atoms. The second-order valence-electron chi connectivity index (χ2n) is 9.84. The molecule has 0 bridgehead atoms. The van der Waals surface area contributed by atoms with Gasteiger partial charge in [-0.1, -0.05) is 48.1 Å². The maximum Gasteiger partial charge on any atom is 0.243 e. The van der Waals surface area contributed by atoms with Crippen LogP contribution in [0.2, 0.25) is 0 Å². The van der Waals surface area contributed by atoms with Crippen molar-refractivity contribution in [3.63, 3.8) is 0 Å². The molecule has 0 unspecified atom stereocenters. The van der Waals surface area contributed by atoms with E-state index in [1.807, 2.05) is 30.3 Å². The van der Waals surface area contributed by atoms with E-state index in [-0.39, 0.29) is 11.9 Å². The van der Waals surface area contributed by atoms with Crippen molar-refractivity contribution < 1.29 is 4.79 Å². The Hall–Kier alpha value is -2.58. The van der Waals surface area contributed by atoms with Crippen molar-refractivity contribution >= 4 is 32.7 Å². The molecule has 6 rings (SSSR count). The van der Waals surface area contributed by atoms with Crippen molar-refractivity contribution in [2.24, 2.45) is 0 Å². The minimum absolute atomic E-state index is 0.0832. The van der Waals surface area contributed by atoms with E-state index in [9.17, 15) is 4.79 Å². The van der Waals surface area contributed by atoms with E-state index in [0.717, 1.165) is 65.9 Å². The molecule has 8 heteroatoms. The SMILES string of the molecule is O=C(NCc1ccccc1)[C@H]1CCCN1c1nc2nc(CN3CCCCC3)nc(C3CC3)c2s1. The molecule has 1 aromatic carbocycles. The Balaban J connectivity index is 1.23. The fraction of sp³-hybridized carbons (Fsp3) is 0.538. The topological polar surface area (TPSA) is 74.2 Å². The molecule has 4 heterocycles. The Morgan fingerprint density at radius 3 is 2.59 bits per heavy atom. The lowest BCUT2D eigenvalue weighted by Crippen LogP contribution is -2.43. The number of hydrogen-bond donors (Lipinski definition) is 1. The van der Waals surface area contributed by atoms with E-state index in [1.165, 1.54) is 37.8 Å². The molecule has 2 saturated heterocycles. The van der Waals surface area contributed by atoms with Gasteiger partial charge >= 0.3 is 0 Å². The third-order valence-corrected chi connectivity index (χ3v) is 8.31. The number of fused-ring (bicyclic) bond motifs is 1. The molecule has 3 aromatic rings. The molecule has 34 heavy (non-hydrogen) atoms. The molecule has 7 nitrogen and oxygen atoms in total. The summed E-state index contributed by atoms with van der Waals surface area (Å²) in [6.45, 7) is 4.50. The average molecular weight is 477 g/mol. The van der Waals surface area contributed by atoms with Crippen molar-refractivity contribution in [3.8, 4) is 0 Å². The summed E-state index contributed by atoms with van der Waals surface area (Å²) in [5, 5.41) is 4.05. The number of benzene rings is 1. The first-order chi connectivity index (χ1) is 16.7. The molecule has 1 atom stereocenters. The number of carbonyl (C=O) groups is 1. The van der Waals surface area contributed by atoms with E-state index in [1.54, 1.807) is 11.3 Å². The lowest BCUT2D eigenvalue weighted by Gasteiger charge is -2.25. The van der Waals surface area contributed by atoms with E-state index in [4.69, 9.17) is 15.0 Å². The number of nitrogens with one attached hydrogen (secondary N) is 1. The van der Waals surface area contributed by atoms with Gasteiger partial charge in [-0.05, 0) is 57.2 Å². The molecular weight excluding hydrogens is 444 g/mol. The Kier molecular flexibility index (Phi) is 6.18. The van der Waals surface area contributed by atoms with Gasteiger partial charge in [-0.2, -0.15) is 4.98 Å². The fourth-order valence-corrected chi connectivity index (χ4v) is 6.35. The highest BCUT2D eigenvalue weighted by atomic mass is 32.1. The first kappa shape index (κ1) is 21.9. The molecule has 178 valence electrons. The number of amides is 1. The summed E-state index contributed by atoms with van der Waals surface area (Å²) in [6.07, 6.45) is 8.13. The van der Waals surface area contributed by atoms with Gasteiger partial charge in [0.05, 0.1) is 16.9 Å². The van der Waals surface area contributed by atoms with Crippen LogP contribution < -0.4 is 10.2 Å². The molecule has 1 N–H and O–H groups in total. The summed E-state index contributed by atoms with van der Waals surface area (Å²) in [5.74, 6) is 1.54. The highest BCUT2D eigenvalue weighted by molar-refractivity contribution is 7.22. The number of carbonyl (C=O) groups excluding carboxylic acids is 1. The predicted molar refractivity (Wildman–Crippen MR) is 135 cm³/mol. The molecule has 2 aliphatic heterocycles. The molecule has 1 saturated carbocycles. The van der Waals surface area contributed by atoms with Crippen LogP contribution in [0.5, 0.6) is 0 Å². The molecule has 3 fully saturated rings. The van der Waals surface area contributed by atoms with Crippen LogP contribution in [-0.2, 0) is 17.9 Å². The van der Waals surface area contributed by atoms with Crippen molar-refractivity contribution in [1.29, 1.82) is 0 Å². The van der Waals surface area contributed by atoms with Crippen LogP contribution in [0.4, 0.5) is 5.13 Å². The second kappa shape index (κ2) is 9.58. The van der Waals surface area contributed by atoms with Crippen molar-refractivity contribution in [3.05, 3.63) is 47.4 Å². The van der Waals surface area contributed by atoms with Crippen LogP contribution in [0.25, 0.3) is 10.3 Å². The van der Waals surface area contributed by atoms with Gasteiger partial charge in [-0.25, -0.2) is 9.97 Å². The van der Waals surface area contributed by atoms with Crippen LogP contribution in [0.15, 0.2) is 30.3 Å². The number of aromatic nitrogens is 3. The molecular formula is C26H32N6OS. The number of likely N-dealkylation sites (tertiary alicyclic amines) is 1. The minimum Gasteiger partial charge on any atom is -0.350 e. The quantitative estimate of drug-likeness (QED) is 0.550. The second-order valence-corrected chi connectivity index (χ2v) is 10.8. The van der Waals surface area contributed by atoms with Gasteiger partial charge in [0.1, 0.15) is 11.9 Å². The lowest BCUT2D eigenvalue weighted by molar-refractivity contribution is -0.122. The number of nitrogens with zero attached hydrogens (tertiary/aromatic N) is 5. The largest absolute Gasteiger partial charge is 0.350 e. The lowest BCUT2D eigenvalue weighted by atomic mass is 10.1. The summed E-state index contributed by atoms with van der Waals surface area (Å²) in [4.78, 5) is 32.6. The molecule has 1 amide bonds. The standard InChI is InChI=1S/C26H32N6OS/c33-25(27-16-18-8-3-1-4-9-18)20-10-7-15-32(20)26-30-24-23(34-26)22(19-11-12-19)28-21(29-24)17-31-13-5-2-6-14-31/h1,3-4,8-9,19-20H,2,5-7,10-17H2,(H,27,33)/t20-/m1/s1. The monoisotopic (exact) mass is 476 g/mol. The number of thiazole rings is 1. The normalized spacial score (nSPS) is 21.3. The molecule has 0 radical (unpaired) electrons. The molecule has 2 aromatic heterocycles. The van der Waals surface area contributed by atoms with E-state index in [0.29, 0.717) is 12.5 Å². The zero-order valence-corrected chi connectivity index (χ0v) is 20.4. The van der Waals surface area contributed by atoms with Crippen LogP contribution in [0.3, 0.4) is 0 Å². The number of anilines is 1. The van der Waals surface area contributed by atoms with Gasteiger partial charge in [-0.15, -0.1) is 0 Å². The van der Waals surface area contributed by atoms with Gasteiger partial charge in [-0.3, -0.25) is 9.69 Å². The summed E-state index contributed by atoms with van der Waals surface area (Å²) >= 11 is 1.68. The zero-order chi connectivity index (χ0) is 22.9. The minimum atomic E-state index is -0.172. The third-order valence-electron chi connectivity index (χ3n) is 7.20. The van der Waals surface area contributed by atoms with Gasteiger partial charge in [0.2, 0.25) is 5.91 Å². The smallest absolute Gasteiger partial charge is 0.243 e. The molecule has 1 aliphatic carbocycles. The number of piperidine rings is 1. The van der Waals surface area contributed by atoms with Crippen LogP contribution in [0.1, 0.15) is 67.9 Å². The number of rotatable bonds is 7.